The van der Waals surface area contributed by atoms with Gasteiger partial charge in [0.15, 0.2) is 6.10 Å². The van der Waals surface area contributed by atoms with Gasteiger partial charge < -0.3 is 14.2 Å². The van der Waals surface area contributed by atoms with Gasteiger partial charge in [-0.05, 0) is 31.1 Å². The van der Waals surface area contributed by atoms with Gasteiger partial charge in [0, 0.05) is 19.3 Å². The lowest BCUT2D eigenvalue weighted by Crippen LogP contribution is -2.30. The molecule has 0 aliphatic rings. The van der Waals surface area contributed by atoms with E-state index in [1.54, 1.807) is 0 Å². The van der Waals surface area contributed by atoms with Gasteiger partial charge in [-0.1, -0.05) is 240 Å². The van der Waals surface area contributed by atoms with Crippen molar-refractivity contribution in [2.24, 2.45) is 11.8 Å². The average Bonchev–Trinajstić information content (AvgIpc) is 3.18. The molecule has 0 aliphatic carbocycles. The van der Waals surface area contributed by atoms with Crippen molar-refractivity contribution in [3.8, 4) is 0 Å². The highest BCUT2D eigenvalue weighted by Gasteiger charge is 2.19. The smallest absolute Gasteiger partial charge is 0.306 e. The Kier molecular flexibility index (Phi) is 42.7. The number of hydrogen-bond donors (Lipinski definition) is 0. The number of esters is 3. The van der Waals surface area contributed by atoms with Crippen LogP contribution in [0.1, 0.15) is 279 Å². The Morgan fingerprint density at radius 3 is 0.860 bits per heavy atom. The summed E-state index contributed by atoms with van der Waals surface area (Å²) in [5.74, 6) is 0.793. The molecule has 0 radical (unpaired) electrons. The van der Waals surface area contributed by atoms with E-state index in [2.05, 4.69) is 34.6 Å². The van der Waals surface area contributed by atoms with Crippen LogP contribution in [0.5, 0.6) is 0 Å². The van der Waals surface area contributed by atoms with E-state index >= 15 is 0 Å². The summed E-state index contributed by atoms with van der Waals surface area (Å²) in [6, 6.07) is 0. The Labute approximate surface area is 355 Å². The Hall–Kier alpha value is -1.59. The van der Waals surface area contributed by atoms with Crippen molar-refractivity contribution < 1.29 is 28.6 Å². The first-order chi connectivity index (χ1) is 27.7. The minimum atomic E-state index is -0.760. The summed E-state index contributed by atoms with van der Waals surface area (Å²) in [4.78, 5) is 37.7. The molecular weight excluding hydrogens is 709 g/mol. The molecule has 0 aliphatic heterocycles. The van der Waals surface area contributed by atoms with E-state index in [9.17, 15) is 14.4 Å². The zero-order valence-electron chi connectivity index (χ0n) is 39.0. The van der Waals surface area contributed by atoms with Crippen molar-refractivity contribution in [3.63, 3.8) is 0 Å². The number of unbranched alkanes of at least 4 members (excludes halogenated alkanes) is 30. The van der Waals surface area contributed by atoms with Gasteiger partial charge in [-0.2, -0.15) is 0 Å². The molecular formula is C51H98O6. The van der Waals surface area contributed by atoms with Crippen LogP contribution in [0, 0.1) is 11.8 Å². The van der Waals surface area contributed by atoms with Crippen LogP contribution >= 0.6 is 0 Å². The van der Waals surface area contributed by atoms with E-state index in [0.717, 1.165) is 69.6 Å². The quantitative estimate of drug-likeness (QED) is 0.0346. The van der Waals surface area contributed by atoms with Crippen LogP contribution in [0.3, 0.4) is 0 Å². The summed E-state index contributed by atoms with van der Waals surface area (Å²) in [6.07, 6.45) is 44.0. The standard InChI is InChI=1S/C51H98O6/c1-6-7-8-9-24-31-36-41-49(52)55-44-48(57-51(54)43-38-33-28-23-22-26-30-35-40-47(4)5)45-56-50(53)42-37-32-27-21-19-17-15-13-11-10-12-14-16-18-20-25-29-34-39-46(2)3/h46-48H,6-45H2,1-5H3/t48-/m0/s1. The molecule has 0 aromatic heterocycles. The van der Waals surface area contributed by atoms with Crippen molar-refractivity contribution >= 4 is 17.9 Å². The van der Waals surface area contributed by atoms with Gasteiger partial charge >= 0.3 is 17.9 Å². The molecule has 0 bridgehead atoms. The summed E-state index contributed by atoms with van der Waals surface area (Å²) < 4.78 is 16.7. The molecule has 57 heavy (non-hydrogen) atoms. The summed E-state index contributed by atoms with van der Waals surface area (Å²) in [6.45, 7) is 11.3. The first kappa shape index (κ1) is 55.4. The van der Waals surface area contributed by atoms with Crippen molar-refractivity contribution in [3.05, 3.63) is 0 Å². The fraction of sp³-hybridized carbons (Fsp3) is 0.941. The van der Waals surface area contributed by atoms with Crippen LogP contribution in [0.2, 0.25) is 0 Å². The average molecular weight is 807 g/mol. The molecule has 338 valence electrons. The zero-order chi connectivity index (χ0) is 41.9. The normalized spacial score (nSPS) is 12.1. The van der Waals surface area contributed by atoms with E-state index in [0.29, 0.717) is 19.3 Å². The number of carbonyl (C=O) groups is 3. The van der Waals surface area contributed by atoms with Gasteiger partial charge in [0.05, 0.1) is 0 Å². The van der Waals surface area contributed by atoms with Crippen molar-refractivity contribution in [2.75, 3.05) is 13.2 Å². The maximum absolute atomic E-state index is 12.7. The molecule has 0 unspecified atom stereocenters. The summed E-state index contributed by atoms with van der Waals surface area (Å²) in [7, 11) is 0. The molecule has 0 fully saturated rings. The van der Waals surface area contributed by atoms with Gasteiger partial charge in [0.1, 0.15) is 13.2 Å². The second-order valence-corrected chi connectivity index (χ2v) is 18.4. The van der Waals surface area contributed by atoms with Gasteiger partial charge in [-0.3, -0.25) is 14.4 Å². The monoisotopic (exact) mass is 807 g/mol. The lowest BCUT2D eigenvalue weighted by atomic mass is 10.0. The van der Waals surface area contributed by atoms with Crippen LogP contribution in [0.15, 0.2) is 0 Å². The van der Waals surface area contributed by atoms with E-state index in [1.807, 2.05) is 0 Å². The van der Waals surface area contributed by atoms with Gasteiger partial charge in [-0.25, -0.2) is 0 Å². The second kappa shape index (κ2) is 44.0. The lowest BCUT2D eigenvalue weighted by Gasteiger charge is -2.18. The fourth-order valence-electron chi connectivity index (χ4n) is 7.64. The maximum atomic E-state index is 12.7. The molecule has 0 aromatic carbocycles. The SMILES string of the molecule is CCCCCCCCCC(=O)OC[C@@H](COC(=O)CCCCCCCCCCCCCCCCCCCCC(C)C)OC(=O)CCCCCCCCCCC(C)C. The van der Waals surface area contributed by atoms with Crippen LogP contribution in [-0.4, -0.2) is 37.2 Å². The van der Waals surface area contributed by atoms with E-state index in [1.165, 1.54) is 167 Å². The highest BCUT2D eigenvalue weighted by Crippen LogP contribution is 2.17. The minimum absolute atomic E-state index is 0.0647. The van der Waals surface area contributed by atoms with Crippen LogP contribution in [0.4, 0.5) is 0 Å². The molecule has 0 saturated heterocycles. The Morgan fingerprint density at radius 1 is 0.333 bits per heavy atom. The van der Waals surface area contributed by atoms with Crippen molar-refractivity contribution in [1.29, 1.82) is 0 Å². The zero-order valence-corrected chi connectivity index (χ0v) is 39.0. The highest BCUT2D eigenvalue weighted by atomic mass is 16.6. The number of carbonyl (C=O) groups excluding carboxylic acids is 3. The Balaban J connectivity index is 4.11. The predicted molar refractivity (Wildman–Crippen MR) is 243 cm³/mol. The molecule has 6 heteroatoms. The summed E-state index contributed by atoms with van der Waals surface area (Å²) in [5, 5.41) is 0. The van der Waals surface area contributed by atoms with Crippen LogP contribution in [-0.2, 0) is 28.6 Å². The van der Waals surface area contributed by atoms with Gasteiger partial charge in [-0.15, -0.1) is 0 Å². The minimum Gasteiger partial charge on any atom is -0.462 e. The molecule has 0 rings (SSSR count). The first-order valence-corrected chi connectivity index (χ1v) is 25.2. The Morgan fingerprint density at radius 2 is 0.579 bits per heavy atom. The van der Waals surface area contributed by atoms with Crippen LogP contribution < -0.4 is 0 Å². The second-order valence-electron chi connectivity index (χ2n) is 18.4. The Bertz CT molecular complexity index is 870. The molecule has 0 saturated carbocycles. The van der Waals surface area contributed by atoms with E-state index < -0.39 is 6.10 Å². The predicted octanol–water partition coefficient (Wildman–Crippen LogP) is 16.1. The molecule has 0 aromatic rings. The van der Waals surface area contributed by atoms with Gasteiger partial charge in [0.2, 0.25) is 0 Å². The van der Waals surface area contributed by atoms with E-state index in [4.69, 9.17) is 14.2 Å². The third-order valence-corrected chi connectivity index (χ3v) is 11.5. The first-order valence-electron chi connectivity index (χ1n) is 25.2. The van der Waals surface area contributed by atoms with E-state index in [-0.39, 0.29) is 31.1 Å². The lowest BCUT2D eigenvalue weighted by molar-refractivity contribution is -0.167. The van der Waals surface area contributed by atoms with Crippen molar-refractivity contribution in [1.82, 2.24) is 0 Å². The number of rotatable bonds is 45. The van der Waals surface area contributed by atoms with Crippen molar-refractivity contribution in [2.45, 2.75) is 285 Å². The number of hydrogen-bond acceptors (Lipinski definition) is 6. The summed E-state index contributed by atoms with van der Waals surface area (Å²) >= 11 is 0. The molecule has 1 atom stereocenters. The van der Waals surface area contributed by atoms with Crippen LogP contribution in [0.25, 0.3) is 0 Å². The third kappa shape index (κ3) is 45.3. The third-order valence-electron chi connectivity index (χ3n) is 11.5. The molecule has 6 nitrogen and oxygen atoms in total. The molecule has 0 N–H and O–H groups in total. The molecule has 0 heterocycles. The van der Waals surface area contributed by atoms with Gasteiger partial charge in [0.25, 0.3) is 0 Å². The topological polar surface area (TPSA) is 78.9 Å². The fourth-order valence-corrected chi connectivity index (χ4v) is 7.64. The largest absolute Gasteiger partial charge is 0.462 e. The highest BCUT2D eigenvalue weighted by molar-refractivity contribution is 5.71. The molecule has 0 amide bonds. The summed E-state index contributed by atoms with van der Waals surface area (Å²) in [5.41, 5.74) is 0. The number of ether oxygens (including phenoxy) is 3. The molecule has 0 spiro atoms. The maximum Gasteiger partial charge on any atom is 0.306 e.